The lowest BCUT2D eigenvalue weighted by Crippen LogP contribution is -2.36. The van der Waals surface area contributed by atoms with Gasteiger partial charge in [0.2, 0.25) is 0 Å². The van der Waals surface area contributed by atoms with Crippen molar-refractivity contribution >= 4 is 34.9 Å². The first-order chi connectivity index (χ1) is 14.8. The average Bonchev–Trinajstić information content (AvgIpc) is 3.29. The summed E-state index contributed by atoms with van der Waals surface area (Å²) in [5, 5.41) is 12.0. The number of aryl methyl sites for hydroxylation is 2. The Bertz CT molecular complexity index is 1150. The largest absolute Gasteiger partial charge is 0.332 e. The van der Waals surface area contributed by atoms with Crippen LogP contribution in [0.15, 0.2) is 54.6 Å². The molecule has 2 amide bonds. The molecule has 7 heteroatoms. The summed E-state index contributed by atoms with van der Waals surface area (Å²) < 4.78 is 1.94. The number of hydrogen-bond acceptors (Lipinski definition) is 2. The lowest BCUT2D eigenvalue weighted by Gasteiger charge is -2.15. The minimum Gasteiger partial charge on any atom is -0.332 e. The van der Waals surface area contributed by atoms with Gasteiger partial charge in [0.25, 0.3) is 0 Å². The van der Waals surface area contributed by atoms with Gasteiger partial charge in [-0.05, 0) is 69.2 Å². The Morgan fingerprint density at radius 1 is 1.06 bits per heavy atom. The van der Waals surface area contributed by atoms with Crippen molar-refractivity contribution in [1.82, 2.24) is 15.1 Å². The van der Waals surface area contributed by atoms with Gasteiger partial charge >= 0.3 is 6.03 Å². The molecule has 1 aliphatic rings. The Kier molecular flexibility index (Phi) is 6.08. The Morgan fingerprint density at radius 2 is 1.81 bits per heavy atom. The molecule has 160 valence electrons. The molecule has 1 heterocycles. The van der Waals surface area contributed by atoms with Crippen molar-refractivity contribution in [2.24, 2.45) is 0 Å². The number of rotatable bonds is 4. The monoisotopic (exact) mass is 454 g/mol. The number of nitrogens with zero attached hydrogens (tertiary/aromatic N) is 2. The fraction of sp³-hybridized carbons (Fsp3) is 0.250. The highest BCUT2D eigenvalue weighted by Gasteiger charge is 2.27. The highest BCUT2D eigenvalue weighted by Crippen LogP contribution is 2.34. The minimum absolute atomic E-state index is 0.0479. The molecule has 1 aromatic heterocycles. The van der Waals surface area contributed by atoms with Crippen LogP contribution in [0, 0.1) is 20.8 Å². The molecule has 2 N–H and O–H groups in total. The van der Waals surface area contributed by atoms with E-state index in [9.17, 15) is 4.79 Å². The highest BCUT2D eigenvalue weighted by atomic mass is 35.5. The summed E-state index contributed by atoms with van der Waals surface area (Å²) >= 11 is 12.2. The van der Waals surface area contributed by atoms with Gasteiger partial charge in [0.15, 0.2) is 0 Å². The molecule has 4 rings (SSSR count). The third kappa shape index (κ3) is 4.63. The van der Waals surface area contributed by atoms with E-state index in [-0.39, 0.29) is 18.0 Å². The zero-order valence-electron chi connectivity index (χ0n) is 17.6. The predicted octanol–water partition coefficient (Wildman–Crippen LogP) is 6.34. The first-order valence-corrected chi connectivity index (χ1v) is 10.9. The zero-order valence-corrected chi connectivity index (χ0v) is 19.1. The van der Waals surface area contributed by atoms with Crippen molar-refractivity contribution in [3.05, 3.63) is 87.2 Å². The van der Waals surface area contributed by atoms with Crippen LogP contribution in [-0.2, 0) is 0 Å². The molecular formula is C24H24Cl2N4O. The van der Waals surface area contributed by atoms with Gasteiger partial charge in [0, 0.05) is 38.9 Å². The lowest BCUT2D eigenvalue weighted by molar-refractivity contribution is 0.250. The molecule has 0 fully saturated rings. The van der Waals surface area contributed by atoms with Gasteiger partial charge in [0.1, 0.15) is 0 Å². The fourth-order valence-electron chi connectivity index (χ4n) is 4.05. The van der Waals surface area contributed by atoms with Crippen molar-refractivity contribution < 1.29 is 4.79 Å². The number of urea groups is 1. The van der Waals surface area contributed by atoms with Gasteiger partial charge in [-0.3, -0.25) is 0 Å². The van der Waals surface area contributed by atoms with Crippen molar-refractivity contribution in [2.75, 3.05) is 5.32 Å². The van der Waals surface area contributed by atoms with Crippen LogP contribution in [0.3, 0.4) is 0 Å². The van der Waals surface area contributed by atoms with Gasteiger partial charge in [-0.1, -0.05) is 41.4 Å². The second kappa shape index (κ2) is 8.77. The highest BCUT2D eigenvalue weighted by molar-refractivity contribution is 6.31. The summed E-state index contributed by atoms with van der Waals surface area (Å²) in [5.41, 5.74) is 5.94. The summed E-state index contributed by atoms with van der Waals surface area (Å²) in [6, 6.07) is 12.7. The molecule has 31 heavy (non-hydrogen) atoms. The molecule has 2 atom stereocenters. The maximum Gasteiger partial charge on any atom is 0.319 e. The van der Waals surface area contributed by atoms with E-state index in [2.05, 4.69) is 23.6 Å². The second-order valence-corrected chi connectivity index (χ2v) is 8.71. The zero-order chi connectivity index (χ0) is 22.1. The molecule has 0 bridgehead atoms. The second-order valence-electron chi connectivity index (χ2n) is 7.87. The summed E-state index contributed by atoms with van der Waals surface area (Å²) in [7, 11) is 0. The van der Waals surface area contributed by atoms with E-state index in [1.165, 1.54) is 5.56 Å². The number of halogens is 2. The first kappa shape index (κ1) is 21.5. The van der Waals surface area contributed by atoms with Gasteiger partial charge in [-0.25, -0.2) is 9.48 Å². The van der Waals surface area contributed by atoms with Crippen LogP contribution in [0.2, 0.25) is 10.0 Å². The van der Waals surface area contributed by atoms with Crippen LogP contribution in [-0.4, -0.2) is 21.9 Å². The average molecular weight is 455 g/mol. The summed E-state index contributed by atoms with van der Waals surface area (Å²) in [4.78, 5) is 12.4. The molecule has 0 spiro atoms. The Balaban J connectivity index is 1.45. The van der Waals surface area contributed by atoms with Gasteiger partial charge in [0.05, 0.1) is 11.4 Å². The maximum absolute atomic E-state index is 12.4. The lowest BCUT2D eigenvalue weighted by atomic mass is 9.96. The molecule has 0 saturated carbocycles. The fourth-order valence-corrected chi connectivity index (χ4v) is 4.35. The number of aromatic nitrogens is 2. The summed E-state index contributed by atoms with van der Waals surface area (Å²) in [6.45, 7) is 6.08. The van der Waals surface area contributed by atoms with Crippen molar-refractivity contribution in [2.45, 2.75) is 39.2 Å². The minimum atomic E-state index is -0.240. The van der Waals surface area contributed by atoms with E-state index in [1.807, 2.05) is 42.8 Å². The van der Waals surface area contributed by atoms with Crippen LogP contribution < -0.4 is 10.6 Å². The smallest absolute Gasteiger partial charge is 0.319 e. The number of anilines is 1. The van der Waals surface area contributed by atoms with Crippen LogP contribution in [0.1, 0.15) is 34.9 Å². The van der Waals surface area contributed by atoms with E-state index < -0.39 is 0 Å². The first-order valence-electron chi connectivity index (χ1n) is 10.2. The molecule has 0 aliphatic heterocycles. The van der Waals surface area contributed by atoms with Crippen molar-refractivity contribution in [3.8, 4) is 5.69 Å². The predicted molar refractivity (Wildman–Crippen MR) is 127 cm³/mol. The summed E-state index contributed by atoms with van der Waals surface area (Å²) in [5.74, 6) is 0.190. The Labute approximate surface area is 192 Å². The quantitative estimate of drug-likeness (QED) is 0.451. The van der Waals surface area contributed by atoms with Crippen molar-refractivity contribution in [3.63, 3.8) is 0 Å². The molecular weight excluding hydrogens is 431 g/mol. The topological polar surface area (TPSA) is 59.0 Å². The number of allylic oxidation sites excluding steroid dienone is 1. The van der Waals surface area contributed by atoms with E-state index in [4.69, 9.17) is 28.3 Å². The van der Waals surface area contributed by atoms with Gasteiger partial charge in [-0.2, -0.15) is 5.10 Å². The number of amides is 2. The molecule has 0 unspecified atom stereocenters. The standard InChI is InChI=1S/C24H24Cl2N4O/c1-14-4-11-21(13-22(14)26)30-16(3)23(15(2)29-30)17-5-8-20(12-17)28-24(31)27-19-9-6-18(25)7-10-19/h4-11,13,17,20H,12H2,1-3H3,(H2,27,28,31)/t17-,20-/m1/s1. The number of hydrogen-bond donors (Lipinski definition) is 2. The molecule has 2 aromatic carbocycles. The molecule has 0 saturated heterocycles. The number of carbonyl (C=O) groups excluding carboxylic acids is 1. The number of benzene rings is 2. The third-order valence-electron chi connectivity index (χ3n) is 5.62. The number of carbonyl (C=O) groups is 1. The van der Waals surface area contributed by atoms with E-state index >= 15 is 0 Å². The van der Waals surface area contributed by atoms with Gasteiger partial charge < -0.3 is 10.6 Å². The van der Waals surface area contributed by atoms with E-state index in [1.54, 1.807) is 24.3 Å². The third-order valence-corrected chi connectivity index (χ3v) is 6.28. The van der Waals surface area contributed by atoms with Gasteiger partial charge in [-0.15, -0.1) is 0 Å². The molecule has 5 nitrogen and oxygen atoms in total. The number of nitrogens with one attached hydrogen (secondary N) is 2. The van der Waals surface area contributed by atoms with Crippen LogP contribution in [0.5, 0.6) is 0 Å². The summed E-state index contributed by atoms with van der Waals surface area (Å²) in [6.07, 6.45) is 4.98. The SMILES string of the molecule is Cc1ccc(-n2nc(C)c([C@@H]3C=C[C@@H](NC(=O)Nc4ccc(Cl)cc4)C3)c2C)cc1Cl. The Hall–Kier alpha value is -2.76. The Morgan fingerprint density at radius 3 is 2.52 bits per heavy atom. The maximum atomic E-state index is 12.4. The van der Waals surface area contributed by atoms with Crippen LogP contribution >= 0.6 is 23.2 Å². The van der Waals surface area contributed by atoms with Crippen molar-refractivity contribution in [1.29, 1.82) is 0 Å². The normalized spacial score (nSPS) is 17.7. The molecule has 1 aliphatic carbocycles. The van der Waals surface area contributed by atoms with E-state index in [0.717, 1.165) is 34.1 Å². The molecule has 0 radical (unpaired) electrons. The van der Waals surface area contributed by atoms with Crippen LogP contribution in [0.25, 0.3) is 5.69 Å². The molecule has 3 aromatic rings. The van der Waals surface area contributed by atoms with Crippen LogP contribution in [0.4, 0.5) is 10.5 Å². The van der Waals surface area contributed by atoms with E-state index in [0.29, 0.717) is 10.7 Å².